The molecule has 0 bridgehead atoms. The number of benzene rings is 8. The van der Waals surface area contributed by atoms with E-state index in [9.17, 15) is 9.59 Å². The molecule has 72 heavy (non-hydrogen) atoms. The van der Waals surface area contributed by atoms with Gasteiger partial charge in [0.05, 0.1) is 28.5 Å². The molecule has 10 aromatic rings. The van der Waals surface area contributed by atoms with Gasteiger partial charge in [-0.3, -0.25) is 18.7 Å². The largest absolute Gasteiger partial charge is 0.300 e. The van der Waals surface area contributed by atoms with E-state index < -0.39 is 0 Å². The maximum atomic E-state index is 10.0. The molecular weight excluding hydrogens is 1060 g/mol. The summed E-state index contributed by atoms with van der Waals surface area (Å²) in [5, 5.41) is 0. The molecule has 0 spiro atoms. The Morgan fingerprint density at radius 3 is 1.10 bits per heavy atom. The molecule has 361 valence electrons. The summed E-state index contributed by atoms with van der Waals surface area (Å²) >= 11 is 0. The van der Waals surface area contributed by atoms with Crippen molar-refractivity contribution in [3.8, 4) is 56.4 Å². The van der Waals surface area contributed by atoms with E-state index in [1.165, 1.54) is 69.5 Å². The van der Waals surface area contributed by atoms with Crippen molar-refractivity contribution in [1.82, 2.24) is 19.1 Å². The van der Waals surface area contributed by atoms with Crippen LogP contribution in [-0.2, 0) is 40.5 Å². The van der Waals surface area contributed by atoms with Crippen molar-refractivity contribution < 1.29 is 29.7 Å². The molecule has 1 radical (unpaired) electrons. The summed E-state index contributed by atoms with van der Waals surface area (Å²) in [5.74, 6) is 1.87. The minimum atomic E-state index is -0.0625. The molecule has 0 saturated heterocycles. The van der Waals surface area contributed by atoms with Crippen LogP contribution in [-0.4, -0.2) is 30.7 Å². The first kappa shape index (κ1) is 49.7. The van der Waals surface area contributed by atoms with Crippen LogP contribution in [0.2, 0.25) is 0 Å². The minimum absolute atomic E-state index is 0. The van der Waals surface area contributed by atoms with E-state index in [2.05, 4.69) is 231 Å². The van der Waals surface area contributed by atoms with Crippen LogP contribution in [0.1, 0.15) is 95.9 Å². The van der Waals surface area contributed by atoms with E-state index in [-0.39, 0.29) is 48.9 Å². The normalized spacial score (nSPS) is 13.1. The molecule has 6 nitrogen and oxygen atoms in total. The number of para-hydroxylation sites is 6. The maximum absolute atomic E-state index is 10.0. The summed E-state index contributed by atoms with van der Waals surface area (Å²) in [6, 6.07) is 69.7. The number of hydrogen-bond acceptors (Lipinski definition) is 4. The van der Waals surface area contributed by atoms with Crippen molar-refractivity contribution in [1.29, 1.82) is 0 Å². The Hall–Kier alpha value is -7.31. The van der Waals surface area contributed by atoms with Crippen molar-refractivity contribution in [2.75, 3.05) is 0 Å². The molecule has 7 heteroatoms. The molecule has 0 atom stereocenters. The zero-order valence-corrected chi connectivity index (χ0v) is 44.3. The van der Waals surface area contributed by atoms with Gasteiger partial charge in [0, 0.05) is 53.4 Å². The molecule has 2 heterocycles. The monoisotopic (exact) mass is 1120 g/mol. The van der Waals surface area contributed by atoms with Crippen molar-refractivity contribution in [3.63, 3.8) is 0 Å². The summed E-state index contributed by atoms with van der Waals surface area (Å²) in [6.45, 7) is 12.1. The third kappa shape index (κ3) is 8.59. The second-order valence-electron chi connectivity index (χ2n) is 19.0. The Morgan fingerprint density at radius 1 is 0.403 bits per heavy atom. The zero-order valence-electron chi connectivity index (χ0n) is 41.9. The predicted molar refractivity (Wildman–Crippen MR) is 293 cm³/mol. The van der Waals surface area contributed by atoms with Crippen LogP contribution in [0.4, 0.5) is 0 Å². The van der Waals surface area contributed by atoms with Gasteiger partial charge in [0.25, 0.3) is 0 Å². The van der Waals surface area contributed by atoms with Gasteiger partial charge in [0.1, 0.15) is 23.2 Å². The van der Waals surface area contributed by atoms with Gasteiger partial charge in [-0.1, -0.05) is 161 Å². The molecule has 0 saturated carbocycles. The van der Waals surface area contributed by atoms with Gasteiger partial charge in [-0.25, -0.2) is 9.97 Å². The molecular formula is C65H60IrN4O2. The summed E-state index contributed by atoms with van der Waals surface area (Å²) in [4.78, 5) is 30.3. The van der Waals surface area contributed by atoms with E-state index in [0.717, 1.165) is 70.8 Å². The molecule has 0 aliphatic heterocycles. The van der Waals surface area contributed by atoms with Crippen molar-refractivity contribution in [2.45, 2.75) is 84.5 Å². The number of imidazole rings is 2. The Labute approximate surface area is 437 Å². The quantitative estimate of drug-likeness (QED) is 0.128. The molecule has 2 aliphatic carbocycles. The van der Waals surface area contributed by atoms with E-state index in [1.807, 2.05) is 0 Å². The Balaban J connectivity index is 0.000000155. The Kier molecular flexibility index (Phi) is 14.3. The Bertz CT molecular complexity index is 3340. The number of Topliss-reactive ketones (excluding diaryl/α,β-unsaturated/α-hetero) is 2. The molecule has 0 amide bonds. The van der Waals surface area contributed by atoms with E-state index in [0.29, 0.717) is 0 Å². The van der Waals surface area contributed by atoms with Gasteiger partial charge in [-0.2, -0.15) is 0 Å². The second-order valence-corrected chi connectivity index (χ2v) is 19.0. The van der Waals surface area contributed by atoms with E-state index in [1.54, 1.807) is 0 Å². The van der Waals surface area contributed by atoms with Crippen molar-refractivity contribution in [2.24, 2.45) is 0 Å². The Morgan fingerprint density at radius 2 is 0.736 bits per heavy atom. The minimum Gasteiger partial charge on any atom is -0.300 e. The SMILES string of the molecule is CC(=O)CC(C)=O.CCC1(CC)c2ccccc2-c2ccc(-c3nc4ccccc4n3-c3ccccc3)cc21.CCC1(CC)c2ccccc2-c2ccc(-c3nc4ccccc4n3-c3ccccc3)cc21.[Ir]. The first-order valence-electron chi connectivity index (χ1n) is 25.2. The zero-order chi connectivity index (χ0) is 49.3. The van der Waals surface area contributed by atoms with E-state index >= 15 is 0 Å². The molecule has 12 rings (SSSR count). The molecule has 0 unspecified atom stereocenters. The standard InChI is InChI=1S/2C30H26N2.C5H8O2.Ir/c2*1-3-30(4-2)25-15-9-8-14-23(25)24-19-18-21(20-26(24)30)29-31-27-16-10-11-17-28(27)32(29)22-12-6-5-7-13-22;1-4(6)3-5(2)7;/h2*5-20H,3-4H2,1-2H3;3H2,1-2H3;. The fourth-order valence-corrected chi connectivity index (χ4v) is 11.7. The number of ketones is 2. The third-order valence-corrected chi connectivity index (χ3v) is 15.1. The van der Waals surface area contributed by atoms with Crippen LogP contribution < -0.4 is 0 Å². The summed E-state index contributed by atoms with van der Waals surface area (Å²) in [7, 11) is 0. The molecule has 0 fully saturated rings. The van der Waals surface area contributed by atoms with Gasteiger partial charge in [-0.15, -0.1) is 0 Å². The maximum Gasteiger partial charge on any atom is 0.145 e. The second kappa shape index (κ2) is 20.8. The number of carbonyl (C=O) groups excluding carboxylic acids is 2. The van der Waals surface area contributed by atoms with Gasteiger partial charge in [0.15, 0.2) is 0 Å². The summed E-state index contributed by atoms with van der Waals surface area (Å²) < 4.78 is 4.58. The van der Waals surface area contributed by atoms with Crippen LogP contribution in [0.15, 0.2) is 194 Å². The van der Waals surface area contributed by atoms with Gasteiger partial charge in [-0.05, 0) is 145 Å². The molecule has 2 aromatic heterocycles. The van der Waals surface area contributed by atoms with Crippen LogP contribution in [0.25, 0.3) is 78.5 Å². The first-order chi connectivity index (χ1) is 34.7. The molecule has 2 aliphatic rings. The molecule has 8 aromatic carbocycles. The number of nitrogens with zero attached hydrogens (tertiary/aromatic N) is 4. The van der Waals surface area contributed by atoms with Crippen molar-refractivity contribution in [3.05, 3.63) is 216 Å². The first-order valence-corrected chi connectivity index (χ1v) is 25.2. The number of rotatable bonds is 10. The smallest absolute Gasteiger partial charge is 0.145 e. The van der Waals surface area contributed by atoms with Crippen LogP contribution in [0, 0.1) is 0 Å². The van der Waals surface area contributed by atoms with Crippen LogP contribution in [0.5, 0.6) is 0 Å². The average molecular weight is 1120 g/mol. The molecule has 0 N–H and O–H groups in total. The summed E-state index contributed by atoms with van der Waals surface area (Å²) in [5.41, 5.74) is 20.4. The summed E-state index contributed by atoms with van der Waals surface area (Å²) in [6.07, 6.45) is 4.44. The van der Waals surface area contributed by atoms with Gasteiger partial charge >= 0.3 is 0 Å². The van der Waals surface area contributed by atoms with Gasteiger partial charge in [0.2, 0.25) is 0 Å². The van der Waals surface area contributed by atoms with Crippen LogP contribution >= 0.6 is 0 Å². The number of hydrogen-bond donors (Lipinski definition) is 0. The fourth-order valence-electron chi connectivity index (χ4n) is 11.7. The predicted octanol–water partition coefficient (Wildman–Crippen LogP) is 16.1. The average Bonchev–Trinajstić information content (AvgIpc) is 4.15. The van der Waals surface area contributed by atoms with Gasteiger partial charge < -0.3 is 0 Å². The number of fused-ring (bicyclic) bond motifs is 8. The third-order valence-electron chi connectivity index (χ3n) is 15.1. The van der Waals surface area contributed by atoms with E-state index in [4.69, 9.17) is 9.97 Å². The topological polar surface area (TPSA) is 69.8 Å². The number of aromatic nitrogens is 4. The fraction of sp³-hybridized carbons (Fsp3) is 0.200. The van der Waals surface area contributed by atoms with Crippen LogP contribution in [0.3, 0.4) is 0 Å². The van der Waals surface area contributed by atoms with Crippen molar-refractivity contribution >= 4 is 33.6 Å². The number of carbonyl (C=O) groups is 2.